The Labute approximate surface area is 147 Å². The first-order valence-electron chi connectivity index (χ1n) is 8.18. The van der Waals surface area contributed by atoms with Gasteiger partial charge in [-0.2, -0.15) is 0 Å². The summed E-state index contributed by atoms with van der Waals surface area (Å²) < 4.78 is 5.75. The molecule has 1 unspecified atom stereocenters. The van der Waals surface area contributed by atoms with Gasteiger partial charge in [0.2, 0.25) is 0 Å². The molecule has 0 saturated heterocycles. The van der Waals surface area contributed by atoms with E-state index in [1.54, 1.807) is 18.3 Å². The summed E-state index contributed by atoms with van der Waals surface area (Å²) in [6, 6.07) is 12.4. The SMILES string of the molecule is CC(CN(C)CCCOc1ccc(Cc2cccs2)cc1)C(=O)[O-]. The lowest BCUT2D eigenvalue weighted by atomic mass is 10.1. The van der Waals surface area contributed by atoms with Gasteiger partial charge in [-0.25, -0.2) is 0 Å². The van der Waals surface area contributed by atoms with E-state index in [1.807, 2.05) is 24.1 Å². The van der Waals surface area contributed by atoms with Crippen LogP contribution in [0.25, 0.3) is 0 Å². The predicted molar refractivity (Wildman–Crippen MR) is 95.3 cm³/mol. The Morgan fingerprint density at radius 1 is 1.29 bits per heavy atom. The van der Waals surface area contributed by atoms with Crippen LogP contribution in [0.1, 0.15) is 23.8 Å². The van der Waals surface area contributed by atoms with Crippen molar-refractivity contribution in [1.82, 2.24) is 4.90 Å². The van der Waals surface area contributed by atoms with Crippen molar-refractivity contribution in [2.75, 3.05) is 26.7 Å². The van der Waals surface area contributed by atoms with Crippen molar-refractivity contribution < 1.29 is 14.6 Å². The van der Waals surface area contributed by atoms with Crippen LogP contribution in [-0.2, 0) is 11.2 Å². The van der Waals surface area contributed by atoms with Gasteiger partial charge in [0.05, 0.1) is 6.61 Å². The molecule has 0 aliphatic carbocycles. The van der Waals surface area contributed by atoms with Gasteiger partial charge in [0.1, 0.15) is 5.75 Å². The van der Waals surface area contributed by atoms with Crippen molar-refractivity contribution in [3.05, 3.63) is 52.2 Å². The third kappa shape index (κ3) is 6.34. The van der Waals surface area contributed by atoms with Gasteiger partial charge in [0, 0.05) is 36.3 Å². The molecule has 0 aliphatic heterocycles. The first-order valence-corrected chi connectivity index (χ1v) is 9.06. The number of carbonyl (C=O) groups is 1. The van der Waals surface area contributed by atoms with Gasteiger partial charge >= 0.3 is 0 Å². The Morgan fingerprint density at radius 2 is 2.04 bits per heavy atom. The van der Waals surface area contributed by atoms with E-state index in [2.05, 4.69) is 29.6 Å². The van der Waals surface area contributed by atoms with E-state index >= 15 is 0 Å². The van der Waals surface area contributed by atoms with Crippen molar-refractivity contribution in [3.63, 3.8) is 0 Å². The normalized spacial score (nSPS) is 12.3. The van der Waals surface area contributed by atoms with Crippen molar-refractivity contribution >= 4 is 17.3 Å². The fourth-order valence-corrected chi connectivity index (χ4v) is 3.21. The lowest BCUT2D eigenvalue weighted by Gasteiger charge is -2.21. The highest BCUT2D eigenvalue weighted by atomic mass is 32.1. The molecule has 0 saturated carbocycles. The number of hydrogen-bond acceptors (Lipinski definition) is 5. The zero-order chi connectivity index (χ0) is 17.4. The van der Waals surface area contributed by atoms with Gasteiger partial charge in [0.25, 0.3) is 0 Å². The maximum Gasteiger partial charge on any atom is 0.119 e. The van der Waals surface area contributed by atoms with E-state index in [0.717, 1.165) is 25.1 Å². The maximum atomic E-state index is 10.7. The van der Waals surface area contributed by atoms with E-state index < -0.39 is 11.9 Å². The Bertz CT molecular complexity index is 610. The number of nitrogens with zero attached hydrogens (tertiary/aromatic N) is 1. The monoisotopic (exact) mass is 346 g/mol. The number of carbonyl (C=O) groups excluding carboxylic acids is 1. The topological polar surface area (TPSA) is 52.6 Å². The first kappa shape index (κ1) is 18.5. The highest BCUT2D eigenvalue weighted by Crippen LogP contribution is 2.18. The van der Waals surface area contributed by atoms with E-state index in [0.29, 0.717) is 13.2 Å². The summed E-state index contributed by atoms with van der Waals surface area (Å²) in [5, 5.41) is 12.8. The Hall–Kier alpha value is -1.85. The minimum absolute atomic E-state index is 0.452. The minimum atomic E-state index is -0.999. The van der Waals surface area contributed by atoms with E-state index in [4.69, 9.17) is 4.74 Å². The number of thiophene rings is 1. The number of ether oxygens (including phenoxy) is 1. The summed E-state index contributed by atoms with van der Waals surface area (Å²) >= 11 is 1.77. The quantitative estimate of drug-likeness (QED) is 0.620. The maximum absolute atomic E-state index is 10.7. The molecule has 24 heavy (non-hydrogen) atoms. The summed E-state index contributed by atoms with van der Waals surface area (Å²) in [6.07, 6.45) is 1.81. The second kappa shape index (κ2) is 9.45. The van der Waals surface area contributed by atoms with Crippen LogP contribution in [0, 0.1) is 5.92 Å². The molecule has 0 N–H and O–H groups in total. The van der Waals surface area contributed by atoms with Crippen molar-refractivity contribution in [3.8, 4) is 5.75 Å². The molecule has 0 amide bonds. The van der Waals surface area contributed by atoms with Gasteiger partial charge in [-0.05, 0) is 42.6 Å². The summed E-state index contributed by atoms with van der Waals surface area (Å²) in [5.41, 5.74) is 1.28. The minimum Gasteiger partial charge on any atom is -0.550 e. The van der Waals surface area contributed by atoms with Gasteiger partial charge < -0.3 is 19.5 Å². The lowest BCUT2D eigenvalue weighted by Crippen LogP contribution is -2.37. The van der Waals surface area contributed by atoms with Crippen molar-refractivity contribution in [1.29, 1.82) is 0 Å². The van der Waals surface area contributed by atoms with E-state index in [-0.39, 0.29) is 0 Å². The second-order valence-corrected chi connectivity index (χ2v) is 7.12. The Balaban J connectivity index is 1.66. The zero-order valence-corrected chi connectivity index (χ0v) is 15.1. The van der Waals surface area contributed by atoms with Crippen LogP contribution in [0.5, 0.6) is 5.75 Å². The first-order chi connectivity index (χ1) is 11.5. The van der Waals surface area contributed by atoms with Gasteiger partial charge in [-0.3, -0.25) is 0 Å². The van der Waals surface area contributed by atoms with E-state index in [9.17, 15) is 9.90 Å². The largest absolute Gasteiger partial charge is 0.550 e. The molecule has 1 aromatic carbocycles. The number of hydrogen-bond donors (Lipinski definition) is 0. The van der Waals surface area contributed by atoms with Crippen LogP contribution in [0.4, 0.5) is 0 Å². The summed E-state index contributed by atoms with van der Waals surface area (Å²) in [6.45, 7) is 3.59. The molecular weight excluding hydrogens is 322 g/mol. The van der Waals surface area contributed by atoms with Crippen LogP contribution < -0.4 is 9.84 Å². The highest BCUT2D eigenvalue weighted by molar-refractivity contribution is 7.09. The van der Waals surface area contributed by atoms with Gasteiger partial charge in [0.15, 0.2) is 0 Å². The van der Waals surface area contributed by atoms with Crippen molar-refractivity contribution in [2.45, 2.75) is 19.8 Å². The molecule has 2 aromatic rings. The summed E-state index contributed by atoms with van der Waals surface area (Å²) in [4.78, 5) is 14.1. The molecule has 1 atom stereocenters. The van der Waals surface area contributed by atoms with Crippen LogP contribution in [0.2, 0.25) is 0 Å². The fourth-order valence-electron chi connectivity index (χ4n) is 2.48. The lowest BCUT2D eigenvalue weighted by molar-refractivity contribution is -0.311. The summed E-state index contributed by atoms with van der Waals surface area (Å²) in [7, 11) is 1.92. The Morgan fingerprint density at radius 3 is 2.67 bits per heavy atom. The number of aliphatic carboxylic acids is 1. The molecule has 0 spiro atoms. The van der Waals surface area contributed by atoms with Gasteiger partial charge in [-0.15, -0.1) is 11.3 Å². The molecule has 130 valence electrons. The van der Waals surface area contributed by atoms with Crippen LogP contribution >= 0.6 is 11.3 Å². The highest BCUT2D eigenvalue weighted by Gasteiger charge is 2.07. The van der Waals surface area contributed by atoms with E-state index in [1.165, 1.54) is 10.4 Å². The van der Waals surface area contributed by atoms with Crippen LogP contribution in [0.15, 0.2) is 41.8 Å². The summed E-state index contributed by atoms with van der Waals surface area (Å²) in [5.74, 6) is -0.580. The molecule has 1 heterocycles. The molecule has 4 nitrogen and oxygen atoms in total. The Kier molecular flexibility index (Phi) is 7.28. The van der Waals surface area contributed by atoms with Gasteiger partial charge in [-0.1, -0.05) is 25.1 Å². The van der Waals surface area contributed by atoms with Crippen LogP contribution in [-0.4, -0.2) is 37.6 Å². The molecule has 5 heteroatoms. The fraction of sp³-hybridized carbons (Fsp3) is 0.421. The zero-order valence-electron chi connectivity index (χ0n) is 14.2. The molecule has 0 aliphatic rings. The molecule has 0 bridgehead atoms. The number of benzene rings is 1. The number of rotatable bonds is 10. The predicted octanol–water partition coefficient (Wildman–Crippen LogP) is 2.43. The average molecular weight is 346 g/mol. The third-order valence-electron chi connectivity index (χ3n) is 3.82. The smallest absolute Gasteiger partial charge is 0.119 e. The molecular formula is C19H24NO3S-. The molecule has 2 rings (SSSR count). The number of carboxylic acid groups (broad SMARTS) is 1. The third-order valence-corrected chi connectivity index (χ3v) is 4.70. The standard InChI is InChI=1S/C19H25NO3S/c1-15(19(21)22)14-20(2)10-4-11-23-17-8-6-16(7-9-17)13-18-5-3-12-24-18/h3,5-9,12,15H,4,10-11,13-14H2,1-2H3,(H,21,22)/p-1. The van der Waals surface area contributed by atoms with Crippen LogP contribution in [0.3, 0.4) is 0 Å². The average Bonchev–Trinajstić information content (AvgIpc) is 3.06. The molecule has 0 fully saturated rings. The van der Waals surface area contributed by atoms with Crippen molar-refractivity contribution in [2.24, 2.45) is 5.92 Å². The molecule has 1 aromatic heterocycles. The number of carboxylic acids is 1. The second-order valence-electron chi connectivity index (χ2n) is 6.08. The molecule has 0 radical (unpaired) electrons.